The predicted molar refractivity (Wildman–Crippen MR) is 112 cm³/mol. The van der Waals surface area contributed by atoms with Crippen LogP contribution >= 0.6 is 0 Å². The van der Waals surface area contributed by atoms with Crippen molar-refractivity contribution in [1.29, 1.82) is 0 Å². The minimum atomic E-state index is -0.454. The highest BCUT2D eigenvalue weighted by Gasteiger charge is 2.35. The molecule has 0 bridgehead atoms. The average Bonchev–Trinajstić information content (AvgIpc) is 3.45. The third kappa shape index (κ3) is 4.09. The van der Waals surface area contributed by atoms with E-state index < -0.39 is 11.8 Å². The van der Waals surface area contributed by atoms with Crippen molar-refractivity contribution in [2.45, 2.75) is 32.1 Å². The van der Waals surface area contributed by atoms with Crippen LogP contribution in [0.3, 0.4) is 0 Å². The molecule has 8 heteroatoms. The highest BCUT2D eigenvalue weighted by Crippen LogP contribution is 2.33. The van der Waals surface area contributed by atoms with Gasteiger partial charge in [-0.05, 0) is 61.4 Å². The van der Waals surface area contributed by atoms with Gasteiger partial charge in [0.25, 0.3) is 0 Å². The number of hydrogen-bond acceptors (Lipinski definition) is 6. The SMILES string of the molecule is O=C(OCC1CC1)c1ccc(OCC2CCN(c3cc(F)c4c(c3)C(=O)CC4)C2=O)cn1. The Hall–Kier alpha value is -3.29. The zero-order valence-corrected chi connectivity index (χ0v) is 17.5. The lowest BCUT2D eigenvalue weighted by atomic mass is 10.1. The maximum atomic E-state index is 14.4. The molecule has 1 amide bonds. The Morgan fingerprint density at radius 3 is 2.72 bits per heavy atom. The van der Waals surface area contributed by atoms with Crippen LogP contribution in [-0.4, -0.2) is 42.4 Å². The van der Waals surface area contributed by atoms with Gasteiger partial charge in [-0.15, -0.1) is 0 Å². The molecule has 1 unspecified atom stereocenters. The molecule has 32 heavy (non-hydrogen) atoms. The van der Waals surface area contributed by atoms with Crippen LogP contribution in [0.15, 0.2) is 30.5 Å². The van der Waals surface area contributed by atoms with Gasteiger partial charge in [-0.25, -0.2) is 14.2 Å². The summed E-state index contributed by atoms with van der Waals surface area (Å²) >= 11 is 0. The smallest absolute Gasteiger partial charge is 0.356 e. The number of hydrogen-bond donors (Lipinski definition) is 0. The van der Waals surface area contributed by atoms with E-state index in [9.17, 15) is 18.8 Å². The van der Waals surface area contributed by atoms with E-state index in [1.807, 2.05) is 0 Å². The summed E-state index contributed by atoms with van der Waals surface area (Å²) in [6.07, 6.45) is 4.92. The van der Waals surface area contributed by atoms with E-state index in [4.69, 9.17) is 9.47 Å². The molecule has 2 aliphatic carbocycles. The van der Waals surface area contributed by atoms with Crippen molar-refractivity contribution in [2.24, 2.45) is 11.8 Å². The molecule has 1 atom stereocenters. The van der Waals surface area contributed by atoms with Gasteiger partial charge in [-0.3, -0.25) is 9.59 Å². The summed E-state index contributed by atoms with van der Waals surface area (Å²) in [5.41, 5.74) is 1.46. The predicted octanol–water partition coefficient (Wildman–Crippen LogP) is 3.35. The Kier molecular flexibility index (Phi) is 5.36. The average molecular weight is 438 g/mol. The lowest BCUT2D eigenvalue weighted by Crippen LogP contribution is -2.29. The molecule has 1 aliphatic heterocycles. The van der Waals surface area contributed by atoms with Gasteiger partial charge in [-0.2, -0.15) is 0 Å². The van der Waals surface area contributed by atoms with E-state index >= 15 is 0 Å². The summed E-state index contributed by atoms with van der Waals surface area (Å²) in [5.74, 6) is -0.585. The third-order valence-electron chi connectivity index (χ3n) is 6.25. The second kappa shape index (κ2) is 8.33. The van der Waals surface area contributed by atoms with Crippen molar-refractivity contribution in [2.75, 3.05) is 24.7 Å². The number of rotatable bonds is 7. The van der Waals surface area contributed by atoms with Crippen molar-refractivity contribution >= 4 is 23.3 Å². The van der Waals surface area contributed by atoms with Gasteiger partial charge in [0.15, 0.2) is 5.78 Å². The Morgan fingerprint density at radius 1 is 1.12 bits per heavy atom. The number of anilines is 1. The van der Waals surface area contributed by atoms with Crippen molar-refractivity contribution in [1.82, 2.24) is 4.98 Å². The summed E-state index contributed by atoms with van der Waals surface area (Å²) in [6, 6.07) is 6.13. The van der Waals surface area contributed by atoms with Gasteiger partial charge >= 0.3 is 5.97 Å². The summed E-state index contributed by atoms with van der Waals surface area (Å²) in [4.78, 5) is 42.4. The number of halogens is 1. The van der Waals surface area contributed by atoms with E-state index in [1.54, 1.807) is 12.1 Å². The first-order valence-corrected chi connectivity index (χ1v) is 10.9. The molecule has 0 N–H and O–H groups in total. The fourth-order valence-electron chi connectivity index (χ4n) is 4.14. The maximum Gasteiger partial charge on any atom is 0.356 e. The number of ether oxygens (including phenoxy) is 2. The topological polar surface area (TPSA) is 85.8 Å². The zero-order valence-electron chi connectivity index (χ0n) is 17.5. The number of ketones is 1. The standard InChI is InChI=1S/C24H23FN2O5/c25-20-10-16(9-19-18(20)4-6-22(19)28)27-8-7-15(23(27)29)13-31-17-3-5-21(26-11-17)24(30)32-12-14-1-2-14/h3,5,9-11,14-15H,1-2,4,6-8,12-13H2. The molecule has 0 spiro atoms. The molecule has 1 aromatic carbocycles. The molecule has 3 aliphatic rings. The van der Waals surface area contributed by atoms with Gasteiger partial charge in [-0.1, -0.05) is 0 Å². The lowest BCUT2D eigenvalue weighted by Gasteiger charge is -2.18. The number of aromatic nitrogens is 1. The van der Waals surface area contributed by atoms with Crippen LogP contribution < -0.4 is 9.64 Å². The normalized spacial score (nSPS) is 19.9. The van der Waals surface area contributed by atoms with Crippen LogP contribution in [0.5, 0.6) is 5.75 Å². The Labute approximate surface area is 184 Å². The Bertz CT molecular complexity index is 1080. The number of esters is 1. The Morgan fingerprint density at radius 2 is 1.97 bits per heavy atom. The quantitative estimate of drug-likeness (QED) is 0.617. The molecule has 7 nitrogen and oxygen atoms in total. The minimum absolute atomic E-state index is 0.0837. The number of nitrogens with zero attached hydrogens (tertiary/aromatic N) is 2. The van der Waals surface area contributed by atoms with Crippen LogP contribution in [0.2, 0.25) is 0 Å². The number of pyridine rings is 1. The molecule has 1 aromatic heterocycles. The number of carbonyl (C=O) groups is 3. The number of benzene rings is 1. The van der Waals surface area contributed by atoms with Crippen LogP contribution in [-0.2, 0) is 16.0 Å². The summed E-state index contributed by atoms with van der Waals surface area (Å²) in [6.45, 7) is 1.01. The third-order valence-corrected chi connectivity index (χ3v) is 6.25. The molecule has 1 saturated carbocycles. The zero-order chi connectivity index (χ0) is 22.2. The van der Waals surface area contributed by atoms with E-state index in [1.165, 1.54) is 23.2 Å². The summed E-state index contributed by atoms with van der Waals surface area (Å²) in [5, 5.41) is 0. The fourth-order valence-corrected chi connectivity index (χ4v) is 4.14. The maximum absolute atomic E-state index is 14.4. The molecule has 2 heterocycles. The number of carbonyl (C=O) groups excluding carboxylic acids is 3. The molecule has 0 radical (unpaired) electrons. The van der Waals surface area contributed by atoms with Crippen LogP contribution in [0.1, 0.15) is 52.1 Å². The van der Waals surface area contributed by atoms with Crippen molar-refractivity contribution in [3.8, 4) is 5.75 Å². The van der Waals surface area contributed by atoms with Gasteiger partial charge in [0.1, 0.15) is 17.3 Å². The summed E-state index contributed by atoms with van der Waals surface area (Å²) in [7, 11) is 0. The van der Waals surface area contributed by atoms with Crippen molar-refractivity contribution in [3.05, 3.63) is 53.1 Å². The molecule has 166 valence electrons. The Balaban J connectivity index is 1.18. The van der Waals surface area contributed by atoms with E-state index in [-0.39, 0.29) is 29.9 Å². The van der Waals surface area contributed by atoms with E-state index in [0.29, 0.717) is 60.9 Å². The molecular formula is C24H23FN2O5. The lowest BCUT2D eigenvalue weighted by molar-refractivity contribution is -0.121. The largest absolute Gasteiger partial charge is 0.491 e. The first-order valence-electron chi connectivity index (χ1n) is 10.9. The van der Waals surface area contributed by atoms with Gasteiger partial charge < -0.3 is 14.4 Å². The molecule has 5 rings (SSSR count). The fraction of sp³-hybridized carbons (Fsp3) is 0.417. The van der Waals surface area contributed by atoms with Gasteiger partial charge in [0.2, 0.25) is 5.91 Å². The second-order valence-electron chi connectivity index (χ2n) is 8.58. The second-order valence-corrected chi connectivity index (χ2v) is 8.58. The molecule has 1 saturated heterocycles. The first-order chi connectivity index (χ1) is 15.5. The molecular weight excluding hydrogens is 415 g/mol. The number of Topliss-reactive ketones (excluding diaryl/α,β-unsaturated/α-hetero) is 1. The van der Waals surface area contributed by atoms with Crippen molar-refractivity contribution < 1.29 is 28.2 Å². The number of fused-ring (bicyclic) bond motifs is 1. The minimum Gasteiger partial charge on any atom is -0.491 e. The molecule has 2 fully saturated rings. The van der Waals surface area contributed by atoms with Gasteiger partial charge in [0.05, 0.1) is 25.3 Å². The monoisotopic (exact) mass is 438 g/mol. The van der Waals surface area contributed by atoms with Crippen LogP contribution in [0.25, 0.3) is 0 Å². The van der Waals surface area contributed by atoms with Crippen LogP contribution in [0.4, 0.5) is 10.1 Å². The van der Waals surface area contributed by atoms with E-state index in [0.717, 1.165) is 12.8 Å². The molecule has 2 aromatic rings. The van der Waals surface area contributed by atoms with Crippen molar-refractivity contribution in [3.63, 3.8) is 0 Å². The first kappa shape index (κ1) is 20.6. The van der Waals surface area contributed by atoms with E-state index in [2.05, 4.69) is 4.98 Å². The van der Waals surface area contributed by atoms with Gasteiger partial charge in [0, 0.05) is 24.2 Å². The van der Waals surface area contributed by atoms with Crippen LogP contribution in [0, 0.1) is 17.7 Å². The number of amides is 1. The highest BCUT2D eigenvalue weighted by molar-refractivity contribution is 6.03. The highest BCUT2D eigenvalue weighted by atomic mass is 19.1. The summed E-state index contributed by atoms with van der Waals surface area (Å²) < 4.78 is 25.3.